The van der Waals surface area contributed by atoms with E-state index in [1.165, 1.54) is 22.6 Å². The molecule has 1 aromatic heterocycles. The van der Waals surface area contributed by atoms with Gasteiger partial charge in [0.15, 0.2) is 0 Å². The van der Waals surface area contributed by atoms with Crippen LogP contribution in [0.1, 0.15) is 60.8 Å². The Morgan fingerprint density at radius 3 is 2.65 bits per heavy atom. The highest BCUT2D eigenvalue weighted by Gasteiger charge is 2.26. The average molecular weight is 338 g/mol. The predicted molar refractivity (Wildman–Crippen MR) is 93.3 cm³/mol. The van der Waals surface area contributed by atoms with Gasteiger partial charge >= 0.3 is 5.97 Å². The molecule has 0 fully saturated rings. The largest absolute Gasteiger partial charge is 0.462 e. The van der Waals surface area contributed by atoms with Crippen molar-refractivity contribution in [3.8, 4) is 0 Å². The van der Waals surface area contributed by atoms with Crippen molar-refractivity contribution in [2.24, 2.45) is 0 Å². The smallest absolute Gasteiger partial charge is 0.341 e. The van der Waals surface area contributed by atoms with E-state index in [1.807, 2.05) is 13.8 Å². The van der Waals surface area contributed by atoms with E-state index in [0.717, 1.165) is 31.2 Å². The van der Waals surface area contributed by atoms with Crippen LogP contribution in [0.2, 0.25) is 0 Å². The van der Waals surface area contributed by atoms with E-state index in [4.69, 9.17) is 4.74 Å². The monoisotopic (exact) mass is 338 g/mol. The molecule has 0 unspecified atom stereocenters. The first-order chi connectivity index (χ1) is 11.0. The maximum atomic E-state index is 12.4. The van der Waals surface area contributed by atoms with E-state index in [1.54, 1.807) is 6.92 Å². The summed E-state index contributed by atoms with van der Waals surface area (Å²) in [6.07, 6.45) is 5.27. The summed E-state index contributed by atoms with van der Waals surface area (Å²) in [5, 5.41) is 6.63. The molecule has 0 aliphatic heterocycles. The zero-order chi connectivity index (χ0) is 16.8. The first-order valence-corrected chi connectivity index (χ1v) is 9.19. The molecule has 0 atom stereocenters. The van der Waals surface area contributed by atoms with E-state index in [0.29, 0.717) is 17.2 Å². The summed E-state index contributed by atoms with van der Waals surface area (Å²) >= 11 is 1.53. The average Bonchev–Trinajstić information content (AvgIpc) is 2.66. The third-order valence-electron chi connectivity index (χ3n) is 3.82. The van der Waals surface area contributed by atoms with Crippen LogP contribution in [0.15, 0.2) is 0 Å². The maximum absolute atomic E-state index is 12.4. The second kappa shape index (κ2) is 8.45. The fourth-order valence-electron chi connectivity index (χ4n) is 2.72. The Bertz CT molecular complexity index is 566. The first kappa shape index (κ1) is 17.9. The number of thiophene rings is 1. The van der Waals surface area contributed by atoms with Crippen molar-refractivity contribution in [1.82, 2.24) is 5.32 Å². The topological polar surface area (TPSA) is 67.4 Å². The van der Waals surface area contributed by atoms with Gasteiger partial charge < -0.3 is 15.4 Å². The molecular formula is C17H26N2O3S. The van der Waals surface area contributed by atoms with Crippen LogP contribution in [-0.4, -0.2) is 31.1 Å². The Morgan fingerprint density at radius 2 is 1.96 bits per heavy atom. The second-order valence-corrected chi connectivity index (χ2v) is 7.18. The third kappa shape index (κ3) is 4.78. The van der Waals surface area contributed by atoms with E-state index in [-0.39, 0.29) is 24.5 Å². The van der Waals surface area contributed by atoms with Crippen LogP contribution in [0.4, 0.5) is 5.00 Å². The summed E-state index contributed by atoms with van der Waals surface area (Å²) < 4.78 is 5.21. The van der Waals surface area contributed by atoms with Gasteiger partial charge in [0.1, 0.15) is 5.00 Å². The molecule has 0 radical (unpaired) electrons. The van der Waals surface area contributed by atoms with Crippen molar-refractivity contribution in [2.45, 2.75) is 58.9 Å². The number of rotatable bonds is 6. The number of esters is 1. The number of aryl methyl sites for hydroxylation is 1. The molecule has 0 saturated carbocycles. The highest BCUT2D eigenvalue weighted by atomic mass is 32.1. The molecule has 0 spiro atoms. The molecule has 2 N–H and O–H groups in total. The van der Waals surface area contributed by atoms with Crippen LogP contribution in [0, 0.1) is 0 Å². The SMILES string of the molecule is CCOC(=O)c1c(NC(=O)CNC(C)C)sc2c1CCCCC2. The molecule has 1 aliphatic carbocycles. The lowest BCUT2D eigenvalue weighted by Crippen LogP contribution is -2.32. The summed E-state index contributed by atoms with van der Waals surface area (Å²) in [5.74, 6) is -0.445. The van der Waals surface area contributed by atoms with Crippen molar-refractivity contribution < 1.29 is 14.3 Å². The maximum Gasteiger partial charge on any atom is 0.341 e. The summed E-state index contributed by atoms with van der Waals surface area (Å²) in [6.45, 7) is 6.36. The lowest BCUT2D eigenvalue weighted by atomic mass is 10.1. The summed E-state index contributed by atoms with van der Waals surface area (Å²) in [7, 11) is 0. The Labute approximate surface area is 141 Å². The molecule has 6 heteroatoms. The molecule has 1 aromatic rings. The van der Waals surface area contributed by atoms with Crippen molar-refractivity contribution in [3.63, 3.8) is 0 Å². The highest BCUT2D eigenvalue weighted by molar-refractivity contribution is 7.17. The van der Waals surface area contributed by atoms with E-state index >= 15 is 0 Å². The number of carbonyl (C=O) groups is 2. The van der Waals surface area contributed by atoms with Gasteiger partial charge in [-0.25, -0.2) is 4.79 Å². The zero-order valence-electron chi connectivity index (χ0n) is 14.2. The number of fused-ring (bicyclic) bond motifs is 1. The Hall–Kier alpha value is -1.40. The van der Waals surface area contributed by atoms with Gasteiger partial charge in [-0.05, 0) is 38.2 Å². The Balaban J connectivity index is 2.23. The summed E-state index contributed by atoms with van der Waals surface area (Å²) in [6, 6.07) is 0.241. The molecule has 23 heavy (non-hydrogen) atoms. The Kier molecular flexibility index (Phi) is 6.59. The van der Waals surface area contributed by atoms with Gasteiger partial charge in [0.2, 0.25) is 5.91 Å². The van der Waals surface area contributed by atoms with Gasteiger partial charge in [-0.1, -0.05) is 20.3 Å². The standard InChI is InChI=1S/C17H26N2O3S/c1-4-22-17(21)15-12-8-6-5-7-9-13(12)23-16(15)19-14(20)10-18-11(2)3/h11,18H,4-10H2,1-3H3,(H,19,20). The van der Waals surface area contributed by atoms with Crippen molar-refractivity contribution >= 4 is 28.2 Å². The molecular weight excluding hydrogens is 312 g/mol. The molecule has 128 valence electrons. The zero-order valence-corrected chi connectivity index (χ0v) is 15.0. The number of anilines is 1. The molecule has 0 bridgehead atoms. The minimum atomic E-state index is -0.320. The number of ether oxygens (including phenoxy) is 1. The Morgan fingerprint density at radius 1 is 1.22 bits per heavy atom. The van der Waals surface area contributed by atoms with Crippen LogP contribution in [-0.2, 0) is 22.4 Å². The van der Waals surface area contributed by atoms with Gasteiger partial charge in [0.25, 0.3) is 0 Å². The summed E-state index contributed by atoms with van der Waals surface area (Å²) in [4.78, 5) is 25.7. The van der Waals surface area contributed by atoms with Gasteiger partial charge in [-0.15, -0.1) is 11.3 Å². The molecule has 2 rings (SSSR count). The van der Waals surface area contributed by atoms with E-state index in [2.05, 4.69) is 10.6 Å². The fraction of sp³-hybridized carbons (Fsp3) is 0.647. The fourth-order valence-corrected chi connectivity index (χ4v) is 4.01. The molecule has 0 saturated heterocycles. The van der Waals surface area contributed by atoms with Gasteiger partial charge in [0.05, 0.1) is 18.7 Å². The first-order valence-electron chi connectivity index (χ1n) is 8.37. The van der Waals surface area contributed by atoms with Crippen LogP contribution < -0.4 is 10.6 Å². The van der Waals surface area contributed by atoms with Crippen LogP contribution in [0.25, 0.3) is 0 Å². The minimum Gasteiger partial charge on any atom is -0.462 e. The number of nitrogens with one attached hydrogen (secondary N) is 2. The van der Waals surface area contributed by atoms with Gasteiger partial charge in [-0.2, -0.15) is 0 Å². The van der Waals surface area contributed by atoms with Crippen LogP contribution in [0.5, 0.6) is 0 Å². The van der Waals surface area contributed by atoms with Crippen molar-refractivity contribution in [3.05, 3.63) is 16.0 Å². The number of hydrogen-bond acceptors (Lipinski definition) is 5. The van der Waals surface area contributed by atoms with E-state index < -0.39 is 0 Å². The second-order valence-electron chi connectivity index (χ2n) is 6.07. The lowest BCUT2D eigenvalue weighted by Gasteiger charge is -2.10. The number of hydrogen-bond donors (Lipinski definition) is 2. The van der Waals surface area contributed by atoms with Crippen LogP contribution >= 0.6 is 11.3 Å². The third-order valence-corrected chi connectivity index (χ3v) is 5.03. The minimum absolute atomic E-state index is 0.124. The molecule has 1 heterocycles. The van der Waals surface area contributed by atoms with Crippen molar-refractivity contribution in [1.29, 1.82) is 0 Å². The van der Waals surface area contributed by atoms with Crippen LogP contribution in [0.3, 0.4) is 0 Å². The lowest BCUT2D eigenvalue weighted by molar-refractivity contribution is -0.115. The van der Waals surface area contributed by atoms with Crippen molar-refractivity contribution in [2.75, 3.05) is 18.5 Å². The quantitative estimate of drug-likeness (QED) is 0.618. The molecule has 0 aromatic carbocycles. The number of amides is 1. The molecule has 5 nitrogen and oxygen atoms in total. The van der Waals surface area contributed by atoms with Gasteiger partial charge in [0, 0.05) is 10.9 Å². The highest BCUT2D eigenvalue weighted by Crippen LogP contribution is 2.37. The molecule has 1 amide bonds. The van der Waals surface area contributed by atoms with Gasteiger partial charge in [-0.3, -0.25) is 4.79 Å². The normalized spacial score (nSPS) is 14.3. The predicted octanol–water partition coefficient (Wildman–Crippen LogP) is 3.13. The van der Waals surface area contributed by atoms with E-state index in [9.17, 15) is 9.59 Å². The summed E-state index contributed by atoms with van der Waals surface area (Å²) in [5.41, 5.74) is 1.66. The number of carbonyl (C=O) groups excluding carboxylic acids is 2. The molecule has 1 aliphatic rings.